The fourth-order valence-electron chi connectivity index (χ4n) is 1.45. The number of aryl methyl sites for hydroxylation is 1. The monoisotopic (exact) mass is 204 g/mol. The van der Waals surface area contributed by atoms with Crippen molar-refractivity contribution < 1.29 is 0 Å². The predicted octanol–water partition coefficient (Wildman–Crippen LogP) is 2.78. The van der Waals surface area contributed by atoms with E-state index in [2.05, 4.69) is 43.7 Å². The molecule has 0 saturated heterocycles. The van der Waals surface area contributed by atoms with Gasteiger partial charge >= 0.3 is 0 Å². The van der Waals surface area contributed by atoms with E-state index in [9.17, 15) is 0 Å². The van der Waals surface area contributed by atoms with Crippen molar-refractivity contribution in [2.75, 3.05) is 0 Å². The van der Waals surface area contributed by atoms with E-state index in [-0.39, 0.29) is 0 Å². The van der Waals surface area contributed by atoms with Crippen LogP contribution in [0.15, 0.2) is 35.5 Å². The second kappa shape index (κ2) is 3.50. The molecular formula is C11H12N2S. The van der Waals surface area contributed by atoms with Crippen LogP contribution in [0.1, 0.15) is 11.1 Å². The Morgan fingerprint density at radius 1 is 1.21 bits per heavy atom. The molecule has 0 bridgehead atoms. The molecule has 0 aliphatic heterocycles. The molecule has 0 aliphatic rings. The van der Waals surface area contributed by atoms with Gasteiger partial charge in [0.15, 0.2) is 0 Å². The molecule has 0 radical (unpaired) electrons. The molecule has 2 nitrogen and oxygen atoms in total. The fraction of sp³-hybridized carbons (Fsp3) is 0.182. The normalized spacial score (nSPS) is 10.5. The molecule has 1 heterocycles. The highest BCUT2D eigenvalue weighted by atomic mass is 32.1. The van der Waals surface area contributed by atoms with E-state index in [1.165, 1.54) is 11.1 Å². The number of thiol groups is 1. The number of hydrogen-bond acceptors (Lipinski definition) is 2. The van der Waals surface area contributed by atoms with Crippen LogP contribution in [0.4, 0.5) is 0 Å². The Morgan fingerprint density at radius 3 is 2.64 bits per heavy atom. The van der Waals surface area contributed by atoms with Crippen molar-refractivity contribution in [3.63, 3.8) is 0 Å². The number of benzene rings is 1. The summed E-state index contributed by atoms with van der Waals surface area (Å²) in [5.74, 6) is 0. The summed E-state index contributed by atoms with van der Waals surface area (Å²) in [6.45, 7) is 4.19. The summed E-state index contributed by atoms with van der Waals surface area (Å²) < 4.78 is 1.84. The largest absolute Gasteiger partial charge is 0.227 e. The quantitative estimate of drug-likeness (QED) is 0.707. The molecule has 3 heteroatoms. The van der Waals surface area contributed by atoms with Crippen molar-refractivity contribution in [3.8, 4) is 5.69 Å². The summed E-state index contributed by atoms with van der Waals surface area (Å²) in [5, 5.41) is 5.09. The second-order valence-corrected chi connectivity index (χ2v) is 3.78. The summed E-state index contributed by atoms with van der Waals surface area (Å²) in [6.07, 6.45) is 1.75. The smallest absolute Gasteiger partial charge is 0.0968 e. The molecule has 14 heavy (non-hydrogen) atoms. The first-order chi connectivity index (χ1) is 6.70. The lowest BCUT2D eigenvalue weighted by atomic mass is 10.1. The van der Waals surface area contributed by atoms with Gasteiger partial charge in [-0.1, -0.05) is 12.1 Å². The van der Waals surface area contributed by atoms with Gasteiger partial charge in [0.25, 0.3) is 0 Å². The van der Waals surface area contributed by atoms with Gasteiger partial charge in [-0.25, -0.2) is 4.68 Å². The average molecular weight is 204 g/mol. The highest BCUT2D eigenvalue weighted by molar-refractivity contribution is 7.80. The summed E-state index contributed by atoms with van der Waals surface area (Å²) >= 11 is 4.34. The highest BCUT2D eigenvalue weighted by Crippen LogP contribution is 2.19. The molecule has 0 saturated carbocycles. The van der Waals surface area contributed by atoms with Crippen LogP contribution in [0.25, 0.3) is 5.69 Å². The van der Waals surface area contributed by atoms with Gasteiger partial charge in [0, 0.05) is 0 Å². The zero-order valence-electron chi connectivity index (χ0n) is 8.23. The third-order valence-electron chi connectivity index (χ3n) is 2.43. The first kappa shape index (κ1) is 9.34. The molecule has 0 aliphatic carbocycles. The summed E-state index contributed by atoms with van der Waals surface area (Å²) in [7, 11) is 0. The van der Waals surface area contributed by atoms with Crippen molar-refractivity contribution >= 4 is 12.6 Å². The molecule has 0 atom stereocenters. The van der Waals surface area contributed by atoms with Gasteiger partial charge < -0.3 is 0 Å². The maximum atomic E-state index is 4.34. The number of rotatable bonds is 1. The zero-order chi connectivity index (χ0) is 10.1. The third kappa shape index (κ3) is 1.44. The molecule has 0 amide bonds. The van der Waals surface area contributed by atoms with Crippen molar-refractivity contribution in [1.29, 1.82) is 0 Å². The SMILES string of the molecule is Cc1cccc(-n2nccc2S)c1C. The van der Waals surface area contributed by atoms with Crippen LogP contribution in [0.3, 0.4) is 0 Å². The minimum atomic E-state index is 0.860. The fourth-order valence-corrected chi connectivity index (χ4v) is 1.67. The average Bonchev–Trinajstić information content (AvgIpc) is 2.57. The molecule has 1 aromatic heterocycles. The van der Waals surface area contributed by atoms with E-state index in [1.54, 1.807) is 6.20 Å². The second-order valence-electron chi connectivity index (χ2n) is 3.32. The molecule has 2 aromatic rings. The molecule has 72 valence electrons. The van der Waals surface area contributed by atoms with E-state index in [0.717, 1.165) is 10.7 Å². The topological polar surface area (TPSA) is 17.8 Å². The van der Waals surface area contributed by atoms with Crippen LogP contribution in [-0.4, -0.2) is 9.78 Å². The molecule has 0 N–H and O–H groups in total. The van der Waals surface area contributed by atoms with Crippen molar-refractivity contribution in [2.45, 2.75) is 18.9 Å². The summed E-state index contributed by atoms with van der Waals surface area (Å²) in [5.41, 5.74) is 3.61. The first-order valence-electron chi connectivity index (χ1n) is 4.50. The van der Waals surface area contributed by atoms with E-state index in [1.807, 2.05) is 16.8 Å². The highest BCUT2D eigenvalue weighted by Gasteiger charge is 2.05. The third-order valence-corrected chi connectivity index (χ3v) is 2.77. The van der Waals surface area contributed by atoms with Crippen LogP contribution in [0.5, 0.6) is 0 Å². The predicted molar refractivity (Wildman–Crippen MR) is 60.3 cm³/mol. The van der Waals surface area contributed by atoms with Gasteiger partial charge in [-0.2, -0.15) is 5.10 Å². The lowest BCUT2D eigenvalue weighted by Gasteiger charge is -2.09. The van der Waals surface area contributed by atoms with E-state index >= 15 is 0 Å². The zero-order valence-corrected chi connectivity index (χ0v) is 9.12. The van der Waals surface area contributed by atoms with Gasteiger partial charge in [0.2, 0.25) is 0 Å². The Bertz CT molecular complexity index is 460. The van der Waals surface area contributed by atoms with Crippen molar-refractivity contribution in [2.24, 2.45) is 0 Å². The lowest BCUT2D eigenvalue weighted by Crippen LogP contribution is -2.00. The Hall–Kier alpha value is -1.22. The van der Waals surface area contributed by atoms with Crippen LogP contribution < -0.4 is 0 Å². The van der Waals surface area contributed by atoms with E-state index in [0.29, 0.717) is 0 Å². The number of hydrogen-bond donors (Lipinski definition) is 1. The van der Waals surface area contributed by atoms with Crippen LogP contribution in [-0.2, 0) is 0 Å². The maximum Gasteiger partial charge on any atom is 0.0968 e. The van der Waals surface area contributed by atoms with Crippen LogP contribution in [0.2, 0.25) is 0 Å². The Morgan fingerprint density at radius 2 is 2.00 bits per heavy atom. The molecule has 0 fully saturated rings. The van der Waals surface area contributed by atoms with Gasteiger partial charge in [0.1, 0.15) is 0 Å². The Labute approximate surface area is 89.0 Å². The molecular weight excluding hydrogens is 192 g/mol. The molecule has 2 rings (SSSR count). The number of aromatic nitrogens is 2. The standard InChI is InChI=1S/C11H12N2S/c1-8-4-3-5-10(9(8)2)13-11(14)6-7-12-13/h3-7,14H,1-2H3. The Kier molecular flexibility index (Phi) is 2.33. The Balaban J connectivity index is 2.63. The van der Waals surface area contributed by atoms with Crippen LogP contribution >= 0.6 is 12.6 Å². The maximum absolute atomic E-state index is 4.34. The van der Waals surface area contributed by atoms with Crippen molar-refractivity contribution in [1.82, 2.24) is 9.78 Å². The summed E-state index contributed by atoms with van der Waals surface area (Å²) in [4.78, 5) is 0. The molecule has 0 spiro atoms. The lowest BCUT2D eigenvalue weighted by molar-refractivity contribution is 0.798. The van der Waals surface area contributed by atoms with Gasteiger partial charge in [-0.15, -0.1) is 12.6 Å². The molecule has 0 unspecified atom stereocenters. The molecule has 1 aromatic carbocycles. The van der Waals surface area contributed by atoms with Gasteiger partial charge in [-0.05, 0) is 37.1 Å². The van der Waals surface area contributed by atoms with Gasteiger partial charge in [-0.3, -0.25) is 0 Å². The minimum Gasteiger partial charge on any atom is -0.227 e. The number of nitrogens with zero attached hydrogens (tertiary/aromatic N) is 2. The van der Waals surface area contributed by atoms with Gasteiger partial charge in [0.05, 0.1) is 16.9 Å². The van der Waals surface area contributed by atoms with Crippen molar-refractivity contribution in [3.05, 3.63) is 41.6 Å². The van der Waals surface area contributed by atoms with E-state index in [4.69, 9.17) is 0 Å². The van der Waals surface area contributed by atoms with E-state index < -0.39 is 0 Å². The summed E-state index contributed by atoms with van der Waals surface area (Å²) in [6, 6.07) is 8.06. The first-order valence-corrected chi connectivity index (χ1v) is 4.94. The minimum absolute atomic E-state index is 0.860. The van der Waals surface area contributed by atoms with Crippen LogP contribution in [0, 0.1) is 13.8 Å².